The second kappa shape index (κ2) is 5.45. The molecule has 3 aromatic heterocycles. The van der Waals surface area contributed by atoms with E-state index in [1.807, 2.05) is 19.4 Å². The average Bonchev–Trinajstić information content (AvgIpc) is 3.19. The summed E-state index contributed by atoms with van der Waals surface area (Å²) >= 11 is 1.68. The van der Waals surface area contributed by atoms with Crippen molar-refractivity contribution in [1.29, 1.82) is 0 Å². The van der Waals surface area contributed by atoms with Crippen LogP contribution in [0.4, 0.5) is 0 Å². The lowest BCUT2D eigenvalue weighted by Crippen LogP contribution is -2.26. The summed E-state index contributed by atoms with van der Waals surface area (Å²) < 4.78 is 2.11. The second-order valence-corrected chi connectivity index (χ2v) is 7.14. The van der Waals surface area contributed by atoms with Crippen molar-refractivity contribution in [3.05, 3.63) is 46.0 Å². The van der Waals surface area contributed by atoms with Crippen LogP contribution in [0.15, 0.2) is 30.0 Å². The fourth-order valence-electron chi connectivity index (χ4n) is 2.73. The van der Waals surface area contributed by atoms with E-state index < -0.39 is 0 Å². The minimum absolute atomic E-state index is 0.0202. The molecule has 0 unspecified atom stereocenters. The smallest absolute Gasteiger partial charge is 0.255 e. The van der Waals surface area contributed by atoms with Crippen LogP contribution in [0.25, 0.3) is 11.2 Å². The van der Waals surface area contributed by atoms with Crippen LogP contribution in [-0.4, -0.2) is 32.4 Å². The first-order chi connectivity index (χ1) is 11.1. The molecule has 118 valence electrons. The van der Waals surface area contributed by atoms with E-state index in [2.05, 4.69) is 32.9 Å². The number of carbonyl (C=O) groups is 1. The standard InChI is InChI=1S/C17H18N4OS/c1-11-5-6-23-15(11)9-20(2)17(22)12-7-14-16(18-8-12)21(10-19-14)13-3-4-13/h5-8,10,13H,3-4,9H2,1-2H3. The van der Waals surface area contributed by atoms with Crippen molar-refractivity contribution in [3.8, 4) is 0 Å². The molecule has 0 aromatic carbocycles. The maximum Gasteiger partial charge on any atom is 0.255 e. The van der Waals surface area contributed by atoms with Crippen LogP contribution in [0, 0.1) is 6.92 Å². The number of fused-ring (bicyclic) bond motifs is 1. The number of nitrogens with zero attached hydrogens (tertiary/aromatic N) is 4. The van der Waals surface area contributed by atoms with Gasteiger partial charge in [-0.2, -0.15) is 0 Å². The zero-order valence-corrected chi connectivity index (χ0v) is 14.0. The summed E-state index contributed by atoms with van der Waals surface area (Å²) in [7, 11) is 1.83. The molecule has 4 rings (SSSR count). The highest BCUT2D eigenvalue weighted by Crippen LogP contribution is 2.36. The van der Waals surface area contributed by atoms with Gasteiger partial charge in [0.15, 0.2) is 5.65 Å². The number of hydrogen-bond donors (Lipinski definition) is 0. The number of hydrogen-bond acceptors (Lipinski definition) is 4. The molecule has 6 heteroatoms. The van der Waals surface area contributed by atoms with Gasteiger partial charge >= 0.3 is 0 Å². The molecule has 0 aliphatic heterocycles. The first-order valence-electron chi connectivity index (χ1n) is 7.74. The van der Waals surface area contributed by atoms with Crippen molar-refractivity contribution >= 4 is 28.4 Å². The SMILES string of the molecule is Cc1ccsc1CN(C)C(=O)c1cnc2c(c1)ncn2C1CC1. The van der Waals surface area contributed by atoms with E-state index in [4.69, 9.17) is 0 Å². The van der Waals surface area contributed by atoms with Crippen molar-refractivity contribution in [1.82, 2.24) is 19.4 Å². The van der Waals surface area contributed by atoms with Crippen LogP contribution in [-0.2, 0) is 6.54 Å². The number of rotatable bonds is 4. The number of pyridine rings is 1. The molecule has 5 nitrogen and oxygen atoms in total. The van der Waals surface area contributed by atoms with Gasteiger partial charge < -0.3 is 9.47 Å². The quantitative estimate of drug-likeness (QED) is 0.738. The highest BCUT2D eigenvalue weighted by atomic mass is 32.1. The molecule has 1 aliphatic carbocycles. The van der Waals surface area contributed by atoms with Crippen LogP contribution in [0.3, 0.4) is 0 Å². The molecular formula is C17H18N4OS. The molecule has 0 N–H and O–H groups in total. The Labute approximate surface area is 138 Å². The first-order valence-corrected chi connectivity index (χ1v) is 8.62. The molecule has 23 heavy (non-hydrogen) atoms. The molecule has 0 radical (unpaired) electrons. The fraction of sp³-hybridized carbons (Fsp3) is 0.353. The highest BCUT2D eigenvalue weighted by molar-refractivity contribution is 7.10. The van der Waals surface area contributed by atoms with Gasteiger partial charge in [-0.1, -0.05) is 0 Å². The van der Waals surface area contributed by atoms with Gasteiger partial charge in [-0.05, 0) is 42.8 Å². The number of aromatic nitrogens is 3. The predicted molar refractivity (Wildman–Crippen MR) is 90.7 cm³/mol. The topological polar surface area (TPSA) is 51.0 Å². The summed E-state index contributed by atoms with van der Waals surface area (Å²) in [5, 5.41) is 2.06. The number of imidazole rings is 1. The normalized spacial score (nSPS) is 14.3. The summed E-state index contributed by atoms with van der Waals surface area (Å²) in [5.74, 6) is -0.0202. The Kier molecular flexibility index (Phi) is 3.41. The van der Waals surface area contributed by atoms with Crippen molar-refractivity contribution in [2.24, 2.45) is 0 Å². The summed E-state index contributed by atoms with van der Waals surface area (Å²) in [6, 6.07) is 4.47. The molecular weight excluding hydrogens is 308 g/mol. The molecule has 0 spiro atoms. The number of carbonyl (C=O) groups excluding carboxylic acids is 1. The molecule has 0 saturated heterocycles. The fourth-order valence-corrected chi connectivity index (χ4v) is 3.69. The zero-order valence-electron chi connectivity index (χ0n) is 13.2. The maximum absolute atomic E-state index is 12.6. The van der Waals surface area contributed by atoms with Gasteiger partial charge in [0.25, 0.3) is 5.91 Å². The molecule has 3 aromatic rings. The Morgan fingerprint density at radius 2 is 2.26 bits per heavy atom. The molecule has 0 atom stereocenters. The Bertz CT molecular complexity index is 878. The van der Waals surface area contributed by atoms with Crippen molar-refractivity contribution < 1.29 is 4.79 Å². The van der Waals surface area contributed by atoms with Gasteiger partial charge in [0.1, 0.15) is 5.52 Å². The lowest BCUT2D eigenvalue weighted by Gasteiger charge is -2.16. The third-order valence-corrected chi connectivity index (χ3v) is 5.30. The van der Waals surface area contributed by atoms with Gasteiger partial charge in [-0.25, -0.2) is 9.97 Å². The molecule has 1 amide bonds. The Hall–Kier alpha value is -2.21. The third kappa shape index (κ3) is 2.63. The lowest BCUT2D eigenvalue weighted by molar-refractivity contribution is 0.0786. The molecule has 1 fully saturated rings. The van der Waals surface area contributed by atoms with E-state index in [1.165, 1.54) is 23.3 Å². The summed E-state index contributed by atoms with van der Waals surface area (Å²) in [6.07, 6.45) is 5.89. The monoisotopic (exact) mass is 326 g/mol. The van der Waals surface area contributed by atoms with E-state index in [0.29, 0.717) is 18.2 Å². The first kappa shape index (κ1) is 14.4. The van der Waals surface area contributed by atoms with Crippen LogP contribution >= 0.6 is 11.3 Å². The van der Waals surface area contributed by atoms with Crippen molar-refractivity contribution in [3.63, 3.8) is 0 Å². The largest absolute Gasteiger partial charge is 0.337 e. The zero-order chi connectivity index (χ0) is 16.0. The average molecular weight is 326 g/mol. The van der Waals surface area contributed by atoms with Crippen molar-refractivity contribution in [2.75, 3.05) is 7.05 Å². The van der Waals surface area contributed by atoms with Gasteiger partial charge in [-0.15, -0.1) is 11.3 Å². The molecule has 3 heterocycles. The van der Waals surface area contributed by atoms with Crippen LogP contribution in [0.2, 0.25) is 0 Å². The highest BCUT2D eigenvalue weighted by Gasteiger charge is 2.26. The van der Waals surface area contributed by atoms with Gasteiger partial charge in [0, 0.05) is 24.2 Å². The van der Waals surface area contributed by atoms with E-state index in [-0.39, 0.29) is 5.91 Å². The minimum atomic E-state index is -0.0202. The number of amides is 1. The summed E-state index contributed by atoms with van der Waals surface area (Å²) in [5.41, 5.74) is 3.49. The van der Waals surface area contributed by atoms with Gasteiger partial charge in [-0.3, -0.25) is 4.79 Å². The van der Waals surface area contributed by atoms with Gasteiger partial charge in [0.05, 0.1) is 18.4 Å². The Morgan fingerprint density at radius 3 is 2.96 bits per heavy atom. The Morgan fingerprint density at radius 1 is 1.43 bits per heavy atom. The number of aryl methyl sites for hydroxylation is 1. The second-order valence-electron chi connectivity index (χ2n) is 6.14. The van der Waals surface area contributed by atoms with E-state index >= 15 is 0 Å². The lowest BCUT2D eigenvalue weighted by atomic mass is 10.2. The molecule has 1 aliphatic rings. The summed E-state index contributed by atoms with van der Waals surface area (Å²) in [6.45, 7) is 2.69. The van der Waals surface area contributed by atoms with Crippen LogP contribution in [0.5, 0.6) is 0 Å². The Balaban J connectivity index is 1.58. The molecule has 1 saturated carbocycles. The van der Waals surface area contributed by atoms with Crippen molar-refractivity contribution in [2.45, 2.75) is 32.4 Å². The minimum Gasteiger partial charge on any atom is -0.337 e. The van der Waals surface area contributed by atoms with Crippen LogP contribution in [0.1, 0.15) is 39.7 Å². The van der Waals surface area contributed by atoms with E-state index in [9.17, 15) is 4.79 Å². The van der Waals surface area contributed by atoms with E-state index in [1.54, 1.807) is 22.4 Å². The summed E-state index contributed by atoms with van der Waals surface area (Å²) in [4.78, 5) is 24.5. The third-order valence-electron chi connectivity index (χ3n) is 4.30. The predicted octanol–water partition coefficient (Wildman–Crippen LogP) is 3.41. The van der Waals surface area contributed by atoms with Crippen LogP contribution < -0.4 is 0 Å². The molecule has 0 bridgehead atoms. The van der Waals surface area contributed by atoms with Gasteiger partial charge in [0.2, 0.25) is 0 Å². The number of thiophene rings is 1. The maximum atomic E-state index is 12.6. The van der Waals surface area contributed by atoms with E-state index in [0.717, 1.165) is 11.2 Å².